The fourth-order valence-corrected chi connectivity index (χ4v) is 2.47. The summed E-state index contributed by atoms with van der Waals surface area (Å²) >= 11 is 1.66. The zero-order valence-corrected chi connectivity index (χ0v) is 13.6. The van der Waals surface area contributed by atoms with Gasteiger partial charge in [-0.3, -0.25) is 14.9 Å². The van der Waals surface area contributed by atoms with Crippen molar-refractivity contribution in [1.82, 2.24) is 5.32 Å². The van der Waals surface area contributed by atoms with E-state index in [1.807, 2.05) is 30.5 Å². The zero-order chi connectivity index (χ0) is 16.8. The van der Waals surface area contributed by atoms with Gasteiger partial charge in [0, 0.05) is 30.1 Å². The molecule has 0 aliphatic carbocycles. The minimum atomic E-state index is -0.494. The second-order valence-electron chi connectivity index (χ2n) is 4.77. The highest BCUT2D eigenvalue weighted by Crippen LogP contribution is 2.26. The van der Waals surface area contributed by atoms with Crippen molar-refractivity contribution >= 4 is 29.0 Å². The summed E-state index contributed by atoms with van der Waals surface area (Å²) in [6, 6.07) is 12.4. The molecule has 0 saturated heterocycles. The van der Waals surface area contributed by atoms with Crippen LogP contribution < -0.4 is 10.6 Å². The van der Waals surface area contributed by atoms with Crippen molar-refractivity contribution in [3.63, 3.8) is 0 Å². The van der Waals surface area contributed by atoms with Gasteiger partial charge in [-0.1, -0.05) is 12.1 Å². The average Bonchev–Trinajstić information content (AvgIpc) is 2.59. The molecule has 6 nitrogen and oxygen atoms in total. The molecule has 2 aromatic rings. The van der Waals surface area contributed by atoms with Crippen molar-refractivity contribution in [2.75, 3.05) is 18.6 Å². The molecule has 1 amide bonds. The van der Waals surface area contributed by atoms with Crippen LogP contribution in [0.3, 0.4) is 0 Å². The molecule has 0 bridgehead atoms. The van der Waals surface area contributed by atoms with Crippen LogP contribution in [0.25, 0.3) is 0 Å². The Labute approximate surface area is 138 Å². The van der Waals surface area contributed by atoms with Crippen molar-refractivity contribution in [3.05, 3.63) is 63.7 Å². The lowest BCUT2D eigenvalue weighted by molar-refractivity contribution is -0.384. The number of amides is 1. The van der Waals surface area contributed by atoms with Crippen molar-refractivity contribution in [2.45, 2.75) is 11.4 Å². The minimum Gasteiger partial charge on any atom is -0.375 e. The minimum absolute atomic E-state index is 0.119. The number of nitro groups is 1. The van der Waals surface area contributed by atoms with Gasteiger partial charge in [-0.2, -0.15) is 0 Å². The number of rotatable bonds is 6. The fourth-order valence-electron chi connectivity index (χ4n) is 2.06. The Morgan fingerprint density at radius 3 is 2.48 bits per heavy atom. The number of nitrogens with one attached hydrogen (secondary N) is 2. The summed E-state index contributed by atoms with van der Waals surface area (Å²) < 4.78 is 0. The summed E-state index contributed by atoms with van der Waals surface area (Å²) in [6.07, 6.45) is 2.00. The van der Waals surface area contributed by atoms with Gasteiger partial charge < -0.3 is 10.6 Å². The number of benzene rings is 2. The summed E-state index contributed by atoms with van der Waals surface area (Å²) in [6.45, 7) is 0.467. The number of carbonyl (C=O) groups excluding carboxylic acids is 1. The summed E-state index contributed by atoms with van der Waals surface area (Å²) in [7, 11) is 1.48. The van der Waals surface area contributed by atoms with E-state index < -0.39 is 4.92 Å². The van der Waals surface area contributed by atoms with Crippen molar-refractivity contribution < 1.29 is 9.72 Å². The lowest BCUT2D eigenvalue weighted by Gasteiger charge is -2.09. The van der Waals surface area contributed by atoms with E-state index in [1.165, 1.54) is 13.1 Å². The largest absolute Gasteiger partial charge is 0.375 e. The molecule has 0 aromatic heterocycles. The summed E-state index contributed by atoms with van der Waals surface area (Å²) in [5.74, 6) is -0.354. The van der Waals surface area contributed by atoms with E-state index in [-0.39, 0.29) is 17.2 Å². The molecule has 7 heteroatoms. The normalized spacial score (nSPS) is 10.2. The third-order valence-corrected chi connectivity index (χ3v) is 4.07. The highest BCUT2D eigenvalue weighted by molar-refractivity contribution is 7.98. The van der Waals surface area contributed by atoms with E-state index in [9.17, 15) is 14.9 Å². The van der Waals surface area contributed by atoms with Crippen LogP contribution in [0.5, 0.6) is 0 Å². The van der Waals surface area contributed by atoms with Crippen LogP contribution in [0, 0.1) is 10.1 Å². The molecule has 0 spiro atoms. The molecule has 0 fully saturated rings. The van der Waals surface area contributed by atoms with Crippen LogP contribution in [0.2, 0.25) is 0 Å². The first-order valence-corrected chi connectivity index (χ1v) is 8.15. The molecule has 0 atom stereocenters. The maximum atomic E-state index is 11.6. The molecule has 0 unspecified atom stereocenters. The van der Waals surface area contributed by atoms with Gasteiger partial charge in [0.1, 0.15) is 5.69 Å². The first-order valence-electron chi connectivity index (χ1n) is 6.92. The predicted octanol–water partition coefficient (Wildman–Crippen LogP) is 3.29. The summed E-state index contributed by atoms with van der Waals surface area (Å²) in [5.41, 5.74) is 1.55. The standard InChI is InChI=1S/C16H17N3O3S/c1-17-16(20)12-5-8-14(15(9-12)19(21)22)18-10-11-3-6-13(23-2)7-4-11/h3-9,18H,10H2,1-2H3,(H,17,20). The Balaban J connectivity index is 2.18. The van der Waals surface area contributed by atoms with Gasteiger partial charge in [-0.25, -0.2) is 0 Å². The first-order chi connectivity index (χ1) is 11.0. The molecule has 0 aliphatic rings. The van der Waals surface area contributed by atoms with Crippen LogP contribution in [0.1, 0.15) is 15.9 Å². The molecule has 2 aromatic carbocycles. The van der Waals surface area contributed by atoms with Gasteiger partial charge in [-0.05, 0) is 36.1 Å². The Hall–Kier alpha value is -2.54. The second-order valence-corrected chi connectivity index (χ2v) is 5.65. The molecule has 23 heavy (non-hydrogen) atoms. The summed E-state index contributed by atoms with van der Waals surface area (Å²) in [5, 5.41) is 16.7. The zero-order valence-electron chi connectivity index (χ0n) is 12.8. The van der Waals surface area contributed by atoms with Gasteiger partial charge in [0.15, 0.2) is 0 Å². The fraction of sp³-hybridized carbons (Fsp3) is 0.188. The number of hydrogen-bond acceptors (Lipinski definition) is 5. The smallest absolute Gasteiger partial charge is 0.293 e. The number of nitro benzene ring substituents is 1. The molecule has 120 valence electrons. The highest BCUT2D eigenvalue weighted by Gasteiger charge is 2.16. The maximum absolute atomic E-state index is 11.6. The third kappa shape index (κ3) is 4.23. The van der Waals surface area contributed by atoms with E-state index in [0.717, 1.165) is 10.5 Å². The summed E-state index contributed by atoms with van der Waals surface area (Å²) in [4.78, 5) is 23.5. The van der Waals surface area contributed by atoms with Crippen LogP contribution in [-0.4, -0.2) is 24.1 Å². The van der Waals surface area contributed by atoms with Gasteiger partial charge in [0.25, 0.3) is 11.6 Å². The Morgan fingerprint density at radius 1 is 1.22 bits per heavy atom. The van der Waals surface area contributed by atoms with Gasteiger partial charge in [0.05, 0.1) is 4.92 Å². The molecule has 0 heterocycles. The van der Waals surface area contributed by atoms with E-state index >= 15 is 0 Å². The van der Waals surface area contributed by atoms with Gasteiger partial charge >= 0.3 is 0 Å². The second kappa shape index (κ2) is 7.64. The van der Waals surface area contributed by atoms with E-state index in [1.54, 1.807) is 23.9 Å². The monoisotopic (exact) mass is 331 g/mol. The molecule has 0 saturated carbocycles. The maximum Gasteiger partial charge on any atom is 0.293 e. The van der Waals surface area contributed by atoms with E-state index in [2.05, 4.69) is 10.6 Å². The van der Waals surface area contributed by atoms with Crippen molar-refractivity contribution in [3.8, 4) is 0 Å². The van der Waals surface area contributed by atoms with E-state index in [0.29, 0.717) is 12.2 Å². The molecular weight excluding hydrogens is 314 g/mol. The van der Waals surface area contributed by atoms with E-state index in [4.69, 9.17) is 0 Å². The van der Waals surface area contributed by atoms with Crippen molar-refractivity contribution in [1.29, 1.82) is 0 Å². The van der Waals surface area contributed by atoms with Crippen LogP contribution >= 0.6 is 11.8 Å². The number of thioether (sulfide) groups is 1. The number of anilines is 1. The Morgan fingerprint density at radius 2 is 1.91 bits per heavy atom. The Bertz CT molecular complexity index is 717. The van der Waals surface area contributed by atoms with Gasteiger partial charge in [-0.15, -0.1) is 11.8 Å². The average molecular weight is 331 g/mol. The topological polar surface area (TPSA) is 84.3 Å². The van der Waals surface area contributed by atoms with Gasteiger partial charge in [0.2, 0.25) is 0 Å². The van der Waals surface area contributed by atoms with Crippen molar-refractivity contribution in [2.24, 2.45) is 0 Å². The predicted molar refractivity (Wildman–Crippen MR) is 92.0 cm³/mol. The van der Waals surface area contributed by atoms with Crippen LogP contribution in [0.15, 0.2) is 47.4 Å². The molecule has 0 radical (unpaired) electrons. The number of hydrogen-bond donors (Lipinski definition) is 2. The highest BCUT2D eigenvalue weighted by atomic mass is 32.2. The molecular formula is C16H17N3O3S. The molecule has 2 N–H and O–H groups in total. The molecule has 2 rings (SSSR count). The van der Waals surface area contributed by atoms with Crippen LogP contribution in [-0.2, 0) is 6.54 Å². The Kier molecular flexibility index (Phi) is 5.59. The number of nitrogens with zero attached hydrogens (tertiary/aromatic N) is 1. The lowest BCUT2D eigenvalue weighted by atomic mass is 10.1. The first kappa shape index (κ1) is 16.8. The number of carbonyl (C=O) groups is 1. The lowest BCUT2D eigenvalue weighted by Crippen LogP contribution is -2.18. The third-order valence-electron chi connectivity index (χ3n) is 3.33. The van der Waals surface area contributed by atoms with Crippen LogP contribution in [0.4, 0.5) is 11.4 Å². The molecule has 0 aliphatic heterocycles. The SMILES string of the molecule is CNC(=O)c1ccc(NCc2ccc(SC)cc2)c([N+](=O)[O-])c1. The quantitative estimate of drug-likeness (QED) is 0.482.